The molecule has 0 saturated carbocycles. The molecule has 0 spiro atoms. The normalized spacial score (nSPS) is 9.67. The second-order valence-electron chi connectivity index (χ2n) is 4.29. The number of unbranched alkanes of at least 4 members (excludes halogenated alkanes) is 1. The van der Waals surface area contributed by atoms with Crippen molar-refractivity contribution in [2.75, 3.05) is 13.1 Å². The van der Waals surface area contributed by atoms with E-state index in [9.17, 15) is 4.79 Å². The van der Waals surface area contributed by atoms with Crippen LogP contribution in [0.4, 0.5) is 0 Å². The molecule has 0 saturated heterocycles. The Morgan fingerprint density at radius 3 is 2.56 bits per heavy atom. The highest BCUT2D eigenvalue weighted by molar-refractivity contribution is 5.94. The first-order valence-electron chi connectivity index (χ1n) is 6.01. The second-order valence-corrected chi connectivity index (χ2v) is 4.29. The van der Waals surface area contributed by atoms with E-state index in [1.165, 1.54) is 0 Å². The Morgan fingerprint density at radius 1 is 1.28 bits per heavy atom. The van der Waals surface area contributed by atoms with E-state index in [-0.39, 0.29) is 5.91 Å². The molecule has 1 amide bonds. The van der Waals surface area contributed by atoms with Gasteiger partial charge in [-0.2, -0.15) is 0 Å². The zero-order valence-electron chi connectivity index (χ0n) is 10.8. The lowest BCUT2D eigenvalue weighted by Gasteiger charge is -2.06. The molecular formula is C13H18N4O. The summed E-state index contributed by atoms with van der Waals surface area (Å²) in [5, 5.41) is 6.29. The lowest BCUT2D eigenvalue weighted by atomic mass is 10.1. The van der Waals surface area contributed by atoms with Crippen LogP contribution in [0.3, 0.4) is 0 Å². The zero-order chi connectivity index (χ0) is 13.4. The summed E-state index contributed by atoms with van der Waals surface area (Å²) in [6.45, 7) is 5.04. The lowest BCUT2D eigenvalue weighted by Crippen LogP contribution is -2.24. The lowest BCUT2D eigenvalue weighted by molar-refractivity contribution is 0.0953. The Balaban J connectivity index is 2.38. The van der Waals surface area contributed by atoms with E-state index in [2.05, 4.69) is 15.3 Å². The molecule has 0 radical (unpaired) electrons. The number of rotatable bonds is 6. The summed E-state index contributed by atoms with van der Waals surface area (Å²) in [5.41, 5.74) is 11.0. The summed E-state index contributed by atoms with van der Waals surface area (Å²) >= 11 is 0. The first-order valence-corrected chi connectivity index (χ1v) is 6.01. The fourth-order valence-corrected chi connectivity index (χ4v) is 1.76. The first kappa shape index (κ1) is 14.1. The van der Waals surface area contributed by atoms with Gasteiger partial charge in [0.05, 0.1) is 0 Å². The maximum Gasteiger partial charge on any atom is 0.251 e. The van der Waals surface area contributed by atoms with E-state index >= 15 is 0 Å². The molecule has 0 atom stereocenters. The number of hydrogen-bond donors (Lipinski definition) is 1. The number of nitrogens with one attached hydrogen (secondary N) is 1. The van der Waals surface area contributed by atoms with E-state index < -0.39 is 0 Å². The zero-order valence-corrected chi connectivity index (χ0v) is 10.8. The van der Waals surface area contributed by atoms with E-state index in [0.717, 1.165) is 24.0 Å². The summed E-state index contributed by atoms with van der Waals surface area (Å²) in [6.07, 6.45) is 1.60. The van der Waals surface area contributed by atoms with E-state index in [1.54, 1.807) is 0 Å². The summed E-state index contributed by atoms with van der Waals surface area (Å²) in [4.78, 5) is 14.5. The SMILES string of the molecule is Cc1cc(C)cc(C(=O)NCCCCN=[N+]=[N-])c1. The third-order valence-corrected chi connectivity index (χ3v) is 2.52. The quantitative estimate of drug-likeness (QED) is 0.356. The maximum atomic E-state index is 11.8. The van der Waals surface area contributed by atoms with Crippen LogP contribution < -0.4 is 5.32 Å². The summed E-state index contributed by atoms with van der Waals surface area (Å²) < 4.78 is 0. The molecule has 1 aromatic carbocycles. The molecule has 0 bridgehead atoms. The van der Waals surface area contributed by atoms with Gasteiger partial charge >= 0.3 is 0 Å². The van der Waals surface area contributed by atoms with Crippen LogP contribution in [-0.4, -0.2) is 19.0 Å². The molecule has 5 heteroatoms. The molecule has 1 aromatic rings. The third-order valence-electron chi connectivity index (χ3n) is 2.52. The average Bonchev–Trinajstić information content (AvgIpc) is 2.32. The van der Waals surface area contributed by atoms with Crippen molar-refractivity contribution < 1.29 is 4.79 Å². The van der Waals surface area contributed by atoms with Crippen molar-refractivity contribution in [2.24, 2.45) is 5.11 Å². The van der Waals surface area contributed by atoms with Crippen molar-refractivity contribution >= 4 is 5.91 Å². The molecule has 0 heterocycles. The van der Waals surface area contributed by atoms with Gasteiger partial charge < -0.3 is 5.32 Å². The highest BCUT2D eigenvalue weighted by Gasteiger charge is 2.05. The van der Waals surface area contributed by atoms with Crippen LogP contribution >= 0.6 is 0 Å². The number of carbonyl (C=O) groups excluding carboxylic acids is 1. The van der Waals surface area contributed by atoms with Gasteiger partial charge in [0.15, 0.2) is 0 Å². The molecule has 18 heavy (non-hydrogen) atoms. The van der Waals surface area contributed by atoms with Crippen molar-refractivity contribution in [3.8, 4) is 0 Å². The van der Waals surface area contributed by atoms with Gasteiger partial charge in [-0.3, -0.25) is 4.79 Å². The average molecular weight is 246 g/mol. The Labute approximate surface area is 107 Å². The van der Waals surface area contributed by atoms with Gasteiger partial charge in [0.25, 0.3) is 5.91 Å². The van der Waals surface area contributed by atoms with Crippen molar-refractivity contribution in [1.29, 1.82) is 0 Å². The molecule has 0 fully saturated rings. The predicted molar refractivity (Wildman–Crippen MR) is 71.5 cm³/mol. The summed E-state index contributed by atoms with van der Waals surface area (Å²) in [7, 11) is 0. The van der Waals surface area contributed by atoms with Crippen LogP contribution in [0.2, 0.25) is 0 Å². The molecule has 0 aliphatic rings. The topological polar surface area (TPSA) is 77.9 Å². The summed E-state index contributed by atoms with van der Waals surface area (Å²) in [6, 6.07) is 5.79. The van der Waals surface area contributed by atoms with Crippen LogP contribution in [0.15, 0.2) is 23.3 Å². The molecule has 5 nitrogen and oxygen atoms in total. The Kier molecular flexibility index (Phi) is 5.74. The minimum Gasteiger partial charge on any atom is -0.352 e. The molecular weight excluding hydrogens is 228 g/mol. The van der Waals surface area contributed by atoms with Gasteiger partial charge in [0, 0.05) is 23.6 Å². The van der Waals surface area contributed by atoms with Crippen LogP contribution in [0.1, 0.15) is 34.3 Å². The highest BCUT2D eigenvalue weighted by atomic mass is 16.1. The second kappa shape index (κ2) is 7.35. The first-order chi connectivity index (χ1) is 8.63. The molecule has 96 valence electrons. The fraction of sp³-hybridized carbons (Fsp3) is 0.462. The summed E-state index contributed by atoms with van der Waals surface area (Å²) in [5.74, 6) is -0.0504. The largest absolute Gasteiger partial charge is 0.352 e. The van der Waals surface area contributed by atoms with Gasteiger partial charge in [-0.1, -0.05) is 22.3 Å². The number of nitrogens with zero attached hydrogens (tertiary/aromatic N) is 3. The van der Waals surface area contributed by atoms with Gasteiger partial charge in [0.2, 0.25) is 0 Å². The van der Waals surface area contributed by atoms with E-state index in [4.69, 9.17) is 5.53 Å². The molecule has 0 aromatic heterocycles. The number of azide groups is 1. The number of benzene rings is 1. The van der Waals surface area contributed by atoms with Gasteiger partial charge in [-0.15, -0.1) is 0 Å². The van der Waals surface area contributed by atoms with Crippen LogP contribution in [-0.2, 0) is 0 Å². The van der Waals surface area contributed by atoms with Crippen molar-refractivity contribution in [3.63, 3.8) is 0 Å². The van der Waals surface area contributed by atoms with Crippen molar-refractivity contribution in [1.82, 2.24) is 5.32 Å². The molecule has 0 aliphatic carbocycles. The molecule has 0 aliphatic heterocycles. The van der Waals surface area contributed by atoms with Crippen LogP contribution in [0.5, 0.6) is 0 Å². The smallest absolute Gasteiger partial charge is 0.251 e. The Bertz CT molecular complexity index is 444. The van der Waals surface area contributed by atoms with Gasteiger partial charge in [-0.25, -0.2) is 0 Å². The number of carbonyl (C=O) groups is 1. The maximum absolute atomic E-state index is 11.8. The van der Waals surface area contributed by atoms with Crippen LogP contribution in [0, 0.1) is 13.8 Å². The Hall–Kier alpha value is -2.00. The minimum absolute atomic E-state index is 0.0504. The predicted octanol–water partition coefficient (Wildman–Crippen LogP) is 3.12. The van der Waals surface area contributed by atoms with Crippen LogP contribution in [0.25, 0.3) is 10.4 Å². The molecule has 0 unspecified atom stereocenters. The third kappa shape index (κ3) is 4.89. The van der Waals surface area contributed by atoms with E-state index in [0.29, 0.717) is 18.7 Å². The van der Waals surface area contributed by atoms with Crippen molar-refractivity contribution in [3.05, 3.63) is 45.3 Å². The number of aryl methyl sites for hydroxylation is 2. The van der Waals surface area contributed by atoms with Gasteiger partial charge in [0.1, 0.15) is 0 Å². The Morgan fingerprint density at radius 2 is 1.94 bits per heavy atom. The monoisotopic (exact) mass is 246 g/mol. The van der Waals surface area contributed by atoms with Crippen molar-refractivity contribution in [2.45, 2.75) is 26.7 Å². The molecule has 1 N–H and O–H groups in total. The highest BCUT2D eigenvalue weighted by Crippen LogP contribution is 2.08. The van der Waals surface area contributed by atoms with Gasteiger partial charge in [-0.05, 0) is 44.4 Å². The molecule has 1 rings (SSSR count). The standard InChI is InChI=1S/C13H18N4O/c1-10-7-11(2)9-12(8-10)13(18)15-5-3-4-6-16-17-14/h7-9H,3-6H2,1-2H3,(H,15,18). The number of amides is 1. The fourth-order valence-electron chi connectivity index (χ4n) is 1.76. The minimum atomic E-state index is -0.0504. The number of hydrogen-bond acceptors (Lipinski definition) is 2. The van der Waals surface area contributed by atoms with E-state index in [1.807, 2.05) is 32.0 Å².